The molecule has 9 nitrogen and oxygen atoms in total. The molecule has 42 heavy (non-hydrogen) atoms. The molecule has 11 heteroatoms. The van der Waals surface area contributed by atoms with Gasteiger partial charge in [-0.2, -0.15) is 0 Å². The van der Waals surface area contributed by atoms with Crippen molar-refractivity contribution in [2.75, 3.05) is 19.7 Å². The van der Waals surface area contributed by atoms with Crippen LogP contribution in [0.15, 0.2) is 65.6 Å². The molecule has 0 aliphatic carbocycles. The standard InChI is InChI=1S/C31H27IN2O7S/c1-2-40-25-14-20(13-24(32)28(25)41-18-19-6-5-9-22(12-19)30(37)38)15-26-29(36)34(31(39)42-26)17-27(35)33-11-10-21-7-3-4-8-23(21)16-33/h3-9,12-15H,2,10-11,16-18H2,1H3,(H,37,38)/b26-15-. The Balaban J connectivity index is 1.29. The van der Waals surface area contributed by atoms with Crippen LogP contribution in [0.25, 0.3) is 6.08 Å². The molecule has 216 valence electrons. The second-order valence-corrected chi connectivity index (χ2v) is 11.8. The van der Waals surface area contributed by atoms with Crippen LogP contribution in [0.5, 0.6) is 11.5 Å². The summed E-state index contributed by atoms with van der Waals surface area (Å²) >= 11 is 2.90. The van der Waals surface area contributed by atoms with Gasteiger partial charge in [0.05, 0.1) is 20.6 Å². The number of rotatable bonds is 9. The Bertz CT molecular complexity index is 1610. The number of fused-ring (bicyclic) bond motifs is 1. The van der Waals surface area contributed by atoms with Gasteiger partial charge in [-0.3, -0.25) is 19.3 Å². The maximum atomic E-state index is 13.2. The number of carbonyl (C=O) groups excluding carboxylic acids is 3. The van der Waals surface area contributed by atoms with Crippen LogP contribution in [0.2, 0.25) is 0 Å². The summed E-state index contributed by atoms with van der Waals surface area (Å²) in [4.78, 5) is 53.1. The lowest BCUT2D eigenvalue weighted by Crippen LogP contribution is -2.44. The van der Waals surface area contributed by atoms with Crippen molar-refractivity contribution in [3.05, 3.63) is 97.0 Å². The Labute approximate surface area is 260 Å². The summed E-state index contributed by atoms with van der Waals surface area (Å²) in [6.07, 6.45) is 2.34. The molecule has 0 unspecified atom stereocenters. The summed E-state index contributed by atoms with van der Waals surface area (Å²) < 4.78 is 12.5. The third kappa shape index (κ3) is 6.62. The van der Waals surface area contributed by atoms with Gasteiger partial charge in [-0.25, -0.2) is 4.79 Å². The van der Waals surface area contributed by atoms with E-state index in [1.54, 1.807) is 41.3 Å². The third-order valence-electron chi connectivity index (χ3n) is 6.84. The molecule has 0 radical (unpaired) electrons. The first-order valence-electron chi connectivity index (χ1n) is 13.2. The Hall–Kier alpha value is -3.84. The summed E-state index contributed by atoms with van der Waals surface area (Å²) in [7, 11) is 0. The molecule has 0 spiro atoms. The predicted octanol–water partition coefficient (Wildman–Crippen LogP) is 5.59. The van der Waals surface area contributed by atoms with E-state index >= 15 is 0 Å². The van der Waals surface area contributed by atoms with Gasteiger partial charge in [0.2, 0.25) is 5.91 Å². The molecule has 0 saturated carbocycles. The highest BCUT2D eigenvalue weighted by atomic mass is 127. The van der Waals surface area contributed by atoms with E-state index in [0.29, 0.717) is 45.9 Å². The molecule has 3 amide bonds. The van der Waals surface area contributed by atoms with Crippen molar-refractivity contribution in [2.24, 2.45) is 0 Å². The number of hydrogen-bond acceptors (Lipinski definition) is 7. The lowest BCUT2D eigenvalue weighted by Gasteiger charge is -2.29. The molecule has 2 aliphatic heterocycles. The van der Waals surface area contributed by atoms with E-state index in [2.05, 4.69) is 28.7 Å². The summed E-state index contributed by atoms with van der Waals surface area (Å²) in [5.74, 6) is -0.863. The number of imide groups is 1. The Morgan fingerprint density at radius 3 is 2.60 bits per heavy atom. The van der Waals surface area contributed by atoms with Gasteiger partial charge in [0, 0.05) is 13.1 Å². The minimum atomic E-state index is -1.02. The summed E-state index contributed by atoms with van der Waals surface area (Å²) in [5, 5.41) is 8.76. The highest BCUT2D eigenvalue weighted by molar-refractivity contribution is 14.1. The van der Waals surface area contributed by atoms with Crippen LogP contribution in [0.3, 0.4) is 0 Å². The normalized spacial score (nSPS) is 15.6. The molecule has 0 bridgehead atoms. The van der Waals surface area contributed by atoms with E-state index in [4.69, 9.17) is 9.47 Å². The van der Waals surface area contributed by atoms with Gasteiger partial charge in [-0.15, -0.1) is 0 Å². The fourth-order valence-electron chi connectivity index (χ4n) is 4.76. The Kier molecular flexibility index (Phi) is 9.17. The average molecular weight is 699 g/mol. The van der Waals surface area contributed by atoms with Crippen LogP contribution in [0.4, 0.5) is 4.79 Å². The number of carbonyl (C=O) groups is 4. The van der Waals surface area contributed by atoms with Crippen LogP contribution in [0.1, 0.15) is 39.5 Å². The molecule has 2 heterocycles. The topological polar surface area (TPSA) is 113 Å². The molecule has 0 atom stereocenters. The van der Waals surface area contributed by atoms with Crippen LogP contribution in [-0.4, -0.2) is 57.6 Å². The summed E-state index contributed by atoms with van der Waals surface area (Å²) in [6.45, 7) is 3.03. The number of amides is 3. The smallest absolute Gasteiger partial charge is 0.335 e. The average Bonchev–Trinajstić information content (AvgIpc) is 3.23. The van der Waals surface area contributed by atoms with E-state index < -0.39 is 17.1 Å². The van der Waals surface area contributed by atoms with Crippen molar-refractivity contribution >= 4 is 63.5 Å². The number of halogens is 1. The number of carboxylic acids is 1. The van der Waals surface area contributed by atoms with Gasteiger partial charge in [0.1, 0.15) is 13.2 Å². The summed E-state index contributed by atoms with van der Waals surface area (Å²) in [5.41, 5.74) is 3.78. The molecule has 1 fully saturated rings. The van der Waals surface area contributed by atoms with Crippen molar-refractivity contribution in [3.63, 3.8) is 0 Å². The zero-order chi connectivity index (χ0) is 29.8. The van der Waals surface area contributed by atoms with Crippen molar-refractivity contribution in [3.8, 4) is 11.5 Å². The van der Waals surface area contributed by atoms with Crippen LogP contribution < -0.4 is 9.47 Å². The van der Waals surface area contributed by atoms with Crippen LogP contribution in [-0.2, 0) is 29.2 Å². The van der Waals surface area contributed by atoms with E-state index in [1.807, 2.05) is 25.1 Å². The highest BCUT2D eigenvalue weighted by Crippen LogP contribution is 2.38. The zero-order valence-corrected chi connectivity index (χ0v) is 25.6. The lowest BCUT2D eigenvalue weighted by molar-refractivity contribution is -0.136. The van der Waals surface area contributed by atoms with Crippen molar-refractivity contribution in [2.45, 2.75) is 26.5 Å². The largest absolute Gasteiger partial charge is 0.490 e. The lowest BCUT2D eigenvalue weighted by atomic mass is 10.00. The van der Waals surface area contributed by atoms with Crippen molar-refractivity contribution in [1.29, 1.82) is 0 Å². The SMILES string of the molecule is CCOc1cc(/C=C2\SC(=O)N(CC(=O)N3CCc4ccccc4C3)C2=O)cc(I)c1OCc1cccc(C(=O)O)c1. The van der Waals surface area contributed by atoms with Crippen LogP contribution in [0, 0.1) is 3.57 Å². The molecule has 0 aromatic heterocycles. The molecule has 1 saturated heterocycles. The minimum absolute atomic E-state index is 0.131. The Morgan fingerprint density at radius 1 is 1.05 bits per heavy atom. The van der Waals surface area contributed by atoms with Gasteiger partial charge < -0.3 is 19.5 Å². The molecular formula is C31H27IN2O7S. The minimum Gasteiger partial charge on any atom is -0.490 e. The highest BCUT2D eigenvalue weighted by Gasteiger charge is 2.37. The number of aromatic carboxylic acids is 1. The van der Waals surface area contributed by atoms with Gasteiger partial charge in [0.25, 0.3) is 11.1 Å². The second-order valence-electron chi connectivity index (χ2n) is 9.66. The first-order valence-corrected chi connectivity index (χ1v) is 15.1. The van der Waals surface area contributed by atoms with E-state index in [-0.39, 0.29) is 29.5 Å². The molecule has 5 rings (SSSR count). The first-order chi connectivity index (χ1) is 20.2. The van der Waals surface area contributed by atoms with Gasteiger partial charge >= 0.3 is 5.97 Å². The number of nitrogens with zero attached hydrogens (tertiary/aromatic N) is 2. The fourth-order valence-corrected chi connectivity index (χ4v) is 6.37. The molecule has 3 aromatic rings. The maximum Gasteiger partial charge on any atom is 0.335 e. The Morgan fingerprint density at radius 2 is 1.83 bits per heavy atom. The maximum absolute atomic E-state index is 13.2. The third-order valence-corrected chi connectivity index (χ3v) is 8.55. The van der Waals surface area contributed by atoms with Crippen molar-refractivity contribution < 1.29 is 33.8 Å². The monoisotopic (exact) mass is 698 g/mol. The predicted molar refractivity (Wildman–Crippen MR) is 166 cm³/mol. The zero-order valence-electron chi connectivity index (χ0n) is 22.7. The number of carboxylic acid groups (broad SMARTS) is 1. The first kappa shape index (κ1) is 29.6. The number of ether oxygens (including phenoxy) is 2. The van der Waals surface area contributed by atoms with Gasteiger partial charge in [0.15, 0.2) is 11.5 Å². The molecular weight excluding hydrogens is 671 g/mol. The summed E-state index contributed by atoms with van der Waals surface area (Å²) in [6, 6.07) is 18.0. The van der Waals surface area contributed by atoms with Crippen LogP contribution >= 0.6 is 34.4 Å². The molecule has 2 aliphatic rings. The fraction of sp³-hybridized carbons (Fsp3) is 0.226. The number of benzene rings is 3. The second kappa shape index (κ2) is 13.0. The van der Waals surface area contributed by atoms with Gasteiger partial charge in [-0.05, 0) is 100 Å². The van der Waals surface area contributed by atoms with E-state index in [0.717, 1.165) is 28.6 Å². The molecule has 3 aromatic carbocycles. The van der Waals surface area contributed by atoms with E-state index in [9.17, 15) is 24.3 Å². The number of thioether (sulfide) groups is 1. The molecule has 1 N–H and O–H groups in total. The quantitative estimate of drug-likeness (QED) is 0.228. The van der Waals surface area contributed by atoms with E-state index in [1.165, 1.54) is 11.6 Å². The van der Waals surface area contributed by atoms with Gasteiger partial charge in [-0.1, -0.05) is 36.4 Å². The number of hydrogen-bond donors (Lipinski definition) is 1. The van der Waals surface area contributed by atoms with Crippen molar-refractivity contribution in [1.82, 2.24) is 9.80 Å².